The van der Waals surface area contributed by atoms with Crippen LogP contribution in [0.3, 0.4) is 0 Å². The molecule has 1 atom stereocenters. The predicted octanol–water partition coefficient (Wildman–Crippen LogP) is 3.11. The average molecular weight is 284 g/mol. The van der Waals surface area contributed by atoms with Crippen LogP contribution in [0.25, 0.3) is 0 Å². The molecule has 5 heteroatoms. The van der Waals surface area contributed by atoms with E-state index in [1.807, 2.05) is 32.9 Å². The highest BCUT2D eigenvalue weighted by molar-refractivity contribution is 5.56. The molecule has 0 bridgehead atoms. The Morgan fingerprint density at radius 2 is 2.14 bits per heavy atom. The number of aryl methyl sites for hydroxylation is 1. The van der Waals surface area contributed by atoms with Crippen molar-refractivity contribution in [3.05, 3.63) is 41.0 Å². The van der Waals surface area contributed by atoms with Crippen LogP contribution in [0.2, 0.25) is 0 Å². The van der Waals surface area contributed by atoms with Crippen LogP contribution in [0.4, 0.5) is 5.82 Å². The van der Waals surface area contributed by atoms with E-state index < -0.39 is 0 Å². The molecule has 0 aliphatic carbocycles. The topological polar surface area (TPSA) is 74.7 Å². The molecule has 2 aromatic heterocycles. The fraction of sp³-hybridized carbons (Fsp3) is 0.438. The molecule has 21 heavy (non-hydrogen) atoms. The summed E-state index contributed by atoms with van der Waals surface area (Å²) in [6.45, 7) is 6.09. The maximum absolute atomic E-state index is 9.44. The molecule has 0 saturated heterocycles. The maximum Gasteiger partial charge on any atom is 0.167 e. The van der Waals surface area contributed by atoms with Crippen molar-refractivity contribution >= 4 is 5.82 Å². The van der Waals surface area contributed by atoms with E-state index in [-0.39, 0.29) is 6.04 Å². The zero-order valence-corrected chi connectivity index (χ0v) is 12.7. The second-order valence-electron chi connectivity index (χ2n) is 5.00. The second kappa shape index (κ2) is 6.89. The Kier molecular flexibility index (Phi) is 4.94. The Hall–Kier alpha value is -2.35. The SMILES string of the molecule is CCc1nnc(NC(C)Cc2ccco2)c(C#N)c1CC. The van der Waals surface area contributed by atoms with Gasteiger partial charge in [-0.25, -0.2) is 0 Å². The summed E-state index contributed by atoms with van der Waals surface area (Å²) in [5.41, 5.74) is 2.50. The number of furan rings is 1. The van der Waals surface area contributed by atoms with Crippen LogP contribution >= 0.6 is 0 Å². The van der Waals surface area contributed by atoms with E-state index in [4.69, 9.17) is 4.42 Å². The van der Waals surface area contributed by atoms with Gasteiger partial charge in [0.15, 0.2) is 5.82 Å². The Balaban J connectivity index is 2.21. The van der Waals surface area contributed by atoms with E-state index in [2.05, 4.69) is 21.6 Å². The second-order valence-corrected chi connectivity index (χ2v) is 5.00. The number of nitrogens with zero attached hydrogens (tertiary/aromatic N) is 3. The first-order chi connectivity index (χ1) is 10.2. The molecule has 0 radical (unpaired) electrons. The van der Waals surface area contributed by atoms with Crippen LogP contribution in [-0.2, 0) is 19.3 Å². The molecule has 0 aromatic carbocycles. The number of aromatic nitrogens is 2. The van der Waals surface area contributed by atoms with Gasteiger partial charge in [-0.05, 0) is 37.5 Å². The van der Waals surface area contributed by atoms with Crippen molar-refractivity contribution in [2.24, 2.45) is 0 Å². The molecular weight excluding hydrogens is 264 g/mol. The summed E-state index contributed by atoms with van der Waals surface area (Å²) in [5, 5.41) is 21.1. The Morgan fingerprint density at radius 1 is 1.33 bits per heavy atom. The van der Waals surface area contributed by atoms with Gasteiger partial charge in [0.05, 0.1) is 12.0 Å². The molecule has 2 aromatic rings. The average Bonchev–Trinajstić information content (AvgIpc) is 2.99. The van der Waals surface area contributed by atoms with Crippen molar-refractivity contribution in [1.82, 2.24) is 10.2 Å². The van der Waals surface area contributed by atoms with Gasteiger partial charge in [-0.2, -0.15) is 10.4 Å². The number of anilines is 1. The van der Waals surface area contributed by atoms with Crippen LogP contribution in [0, 0.1) is 11.3 Å². The smallest absolute Gasteiger partial charge is 0.167 e. The molecule has 0 amide bonds. The van der Waals surface area contributed by atoms with Gasteiger partial charge in [0.1, 0.15) is 17.4 Å². The normalized spacial score (nSPS) is 11.9. The summed E-state index contributed by atoms with van der Waals surface area (Å²) in [4.78, 5) is 0. The van der Waals surface area contributed by atoms with Crippen LogP contribution in [0.5, 0.6) is 0 Å². The third kappa shape index (κ3) is 3.40. The van der Waals surface area contributed by atoms with Gasteiger partial charge in [-0.15, -0.1) is 5.10 Å². The number of hydrogen-bond acceptors (Lipinski definition) is 5. The van der Waals surface area contributed by atoms with Gasteiger partial charge in [-0.3, -0.25) is 0 Å². The van der Waals surface area contributed by atoms with Gasteiger partial charge in [0, 0.05) is 12.5 Å². The number of rotatable bonds is 6. The first kappa shape index (κ1) is 15.0. The van der Waals surface area contributed by atoms with Crippen LogP contribution in [-0.4, -0.2) is 16.2 Å². The molecule has 2 heterocycles. The number of nitrogens with one attached hydrogen (secondary N) is 1. The zero-order valence-electron chi connectivity index (χ0n) is 12.7. The first-order valence-electron chi connectivity index (χ1n) is 7.27. The zero-order chi connectivity index (χ0) is 15.2. The van der Waals surface area contributed by atoms with Crippen LogP contribution < -0.4 is 5.32 Å². The highest BCUT2D eigenvalue weighted by Gasteiger charge is 2.16. The minimum absolute atomic E-state index is 0.106. The molecule has 0 fully saturated rings. The highest BCUT2D eigenvalue weighted by Crippen LogP contribution is 2.21. The van der Waals surface area contributed by atoms with E-state index in [9.17, 15) is 5.26 Å². The summed E-state index contributed by atoms with van der Waals surface area (Å²) < 4.78 is 5.34. The lowest BCUT2D eigenvalue weighted by Gasteiger charge is -2.16. The van der Waals surface area contributed by atoms with E-state index in [1.165, 1.54) is 0 Å². The van der Waals surface area contributed by atoms with Crippen LogP contribution in [0.1, 0.15) is 43.4 Å². The summed E-state index contributed by atoms with van der Waals surface area (Å²) in [6.07, 6.45) is 3.96. The molecule has 0 saturated carbocycles. The van der Waals surface area contributed by atoms with Crippen molar-refractivity contribution in [3.63, 3.8) is 0 Å². The van der Waals surface area contributed by atoms with Gasteiger partial charge >= 0.3 is 0 Å². The lowest BCUT2D eigenvalue weighted by molar-refractivity contribution is 0.497. The Labute approximate surface area is 125 Å². The van der Waals surface area contributed by atoms with Crippen molar-refractivity contribution in [1.29, 1.82) is 5.26 Å². The lowest BCUT2D eigenvalue weighted by Crippen LogP contribution is -2.21. The Bertz CT molecular complexity index is 628. The summed E-state index contributed by atoms with van der Waals surface area (Å²) in [5.74, 6) is 1.47. The molecule has 1 unspecified atom stereocenters. The fourth-order valence-corrected chi connectivity index (χ4v) is 2.41. The predicted molar refractivity (Wildman–Crippen MR) is 81.0 cm³/mol. The summed E-state index contributed by atoms with van der Waals surface area (Å²) in [6, 6.07) is 6.18. The summed E-state index contributed by atoms with van der Waals surface area (Å²) in [7, 11) is 0. The van der Waals surface area contributed by atoms with Crippen molar-refractivity contribution in [3.8, 4) is 6.07 Å². The van der Waals surface area contributed by atoms with Gasteiger partial charge in [0.25, 0.3) is 0 Å². The summed E-state index contributed by atoms with van der Waals surface area (Å²) >= 11 is 0. The van der Waals surface area contributed by atoms with E-state index in [1.54, 1.807) is 6.26 Å². The monoisotopic (exact) mass is 284 g/mol. The maximum atomic E-state index is 9.44. The molecule has 0 spiro atoms. The van der Waals surface area contributed by atoms with Crippen molar-refractivity contribution in [2.45, 2.75) is 46.1 Å². The fourth-order valence-electron chi connectivity index (χ4n) is 2.41. The lowest BCUT2D eigenvalue weighted by atomic mass is 10.0. The van der Waals surface area contributed by atoms with Gasteiger partial charge in [0.2, 0.25) is 0 Å². The standard InChI is InChI=1S/C16H20N4O/c1-4-13-14(10-17)16(20-19-15(13)5-2)18-11(3)9-12-7-6-8-21-12/h6-8,11H,4-5,9H2,1-3H3,(H,18,20). The van der Waals surface area contributed by atoms with Gasteiger partial charge in [-0.1, -0.05) is 13.8 Å². The Morgan fingerprint density at radius 3 is 2.71 bits per heavy atom. The minimum Gasteiger partial charge on any atom is -0.469 e. The van der Waals surface area contributed by atoms with E-state index >= 15 is 0 Å². The molecule has 0 aliphatic heterocycles. The van der Waals surface area contributed by atoms with Crippen LogP contribution in [0.15, 0.2) is 22.8 Å². The minimum atomic E-state index is 0.106. The number of hydrogen-bond donors (Lipinski definition) is 1. The molecule has 2 rings (SSSR count). The molecule has 1 N–H and O–H groups in total. The third-order valence-corrected chi connectivity index (χ3v) is 3.43. The van der Waals surface area contributed by atoms with Crippen molar-refractivity contribution in [2.75, 3.05) is 5.32 Å². The number of nitriles is 1. The van der Waals surface area contributed by atoms with E-state index in [0.717, 1.165) is 36.3 Å². The molecular formula is C16H20N4O. The quantitative estimate of drug-likeness (QED) is 0.882. The van der Waals surface area contributed by atoms with E-state index in [0.29, 0.717) is 11.4 Å². The molecule has 110 valence electrons. The largest absolute Gasteiger partial charge is 0.469 e. The van der Waals surface area contributed by atoms with Gasteiger partial charge < -0.3 is 9.73 Å². The van der Waals surface area contributed by atoms with Crippen molar-refractivity contribution < 1.29 is 4.42 Å². The highest BCUT2D eigenvalue weighted by atomic mass is 16.3. The molecule has 0 aliphatic rings. The molecule has 5 nitrogen and oxygen atoms in total. The third-order valence-electron chi connectivity index (χ3n) is 3.43. The first-order valence-corrected chi connectivity index (χ1v) is 7.27.